The average molecular weight is 399 g/mol. The van der Waals surface area contributed by atoms with Crippen LogP contribution in [0.1, 0.15) is 17.7 Å². The fourth-order valence-electron chi connectivity index (χ4n) is 2.69. The molecule has 8 heteroatoms. The largest absolute Gasteiger partial charge is 0.493 e. The molecule has 8 nitrogen and oxygen atoms in total. The minimum Gasteiger partial charge on any atom is -0.493 e. The number of aromatic nitrogens is 1. The van der Waals surface area contributed by atoms with Crippen LogP contribution in [0.3, 0.4) is 0 Å². The zero-order valence-corrected chi connectivity index (χ0v) is 17.4. The molecule has 29 heavy (non-hydrogen) atoms. The van der Waals surface area contributed by atoms with Crippen LogP contribution in [0, 0.1) is 6.92 Å². The Morgan fingerprint density at radius 2 is 1.83 bits per heavy atom. The zero-order valence-electron chi connectivity index (χ0n) is 17.4. The first-order valence-corrected chi connectivity index (χ1v) is 9.44. The van der Waals surface area contributed by atoms with E-state index in [-0.39, 0.29) is 5.91 Å². The number of benzene rings is 1. The lowest BCUT2D eigenvalue weighted by Crippen LogP contribution is -2.39. The number of anilines is 1. The standard InChI is InChI=1S/C21H29N5O3/c1-15-6-5-7-19(25-15)26-20(27)11-13-24-21(22-2)23-12-10-16-8-9-17(28-3)18(14-16)29-4/h5-9,14H,10-13H2,1-4H3,(H2,22,23,24)(H,25,26,27). The summed E-state index contributed by atoms with van der Waals surface area (Å²) in [5.41, 5.74) is 1.98. The van der Waals surface area contributed by atoms with Gasteiger partial charge in [-0.1, -0.05) is 12.1 Å². The van der Waals surface area contributed by atoms with Crippen LogP contribution in [-0.4, -0.2) is 51.2 Å². The Hall–Kier alpha value is -3.29. The molecule has 156 valence electrons. The number of carbonyl (C=O) groups excluding carboxylic acids is 1. The van der Waals surface area contributed by atoms with Crippen molar-refractivity contribution in [1.29, 1.82) is 0 Å². The number of ether oxygens (including phenoxy) is 2. The van der Waals surface area contributed by atoms with Gasteiger partial charge in [0, 0.05) is 32.3 Å². The van der Waals surface area contributed by atoms with E-state index in [2.05, 4.69) is 25.9 Å². The molecule has 0 saturated carbocycles. The SMILES string of the molecule is CN=C(NCCC(=O)Nc1cccc(C)n1)NCCc1ccc(OC)c(OC)c1. The summed E-state index contributed by atoms with van der Waals surface area (Å²) in [6.45, 7) is 3.04. The van der Waals surface area contributed by atoms with Crippen LogP contribution in [0.5, 0.6) is 11.5 Å². The molecule has 0 unspecified atom stereocenters. The van der Waals surface area contributed by atoms with E-state index in [1.165, 1.54) is 0 Å². The molecule has 0 spiro atoms. The first-order chi connectivity index (χ1) is 14.0. The number of pyridine rings is 1. The molecule has 1 aromatic carbocycles. The quantitative estimate of drug-likeness (QED) is 0.442. The smallest absolute Gasteiger partial charge is 0.227 e. The average Bonchev–Trinajstić information content (AvgIpc) is 2.72. The second-order valence-corrected chi connectivity index (χ2v) is 6.33. The summed E-state index contributed by atoms with van der Waals surface area (Å²) < 4.78 is 10.6. The van der Waals surface area contributed by atoms with Crippen molar-refractivity contribution >= 4 is 17.7 Å². The highest BCUT2D eigenvalue weighted by atomic mass is 16.5. The molecule has 1 amide bonds. The molecule has 0 saturated heterocycles. The van der Waals surface area contributed by atoms with Gasteiger partial charge in [-0.25, -0.2) is 4.98 Å². The molecule has 3 N–H and O–H groups in total. The lowest BCUT2D eigenvalue weighted by atomic mass is 10.1. The molecule has 0 atom stereocenters. The number of amides is 1. The first-order valence-electron chi connectivity index (χ1n) is 9.44. The second kappa shape index (κ2) is 11.5. The first kappa shape index (κ1) is 22.0. The molecule has 0 bridgehead atoms. The second-order valence-electron chi connectivity index (χ2n) is 6.33. The molecular weight excluding hydrogens is 370 g/mol. The molecule has 1 heterocycles. The maximum atomic E-state index is 12.0. The topological polar surface area (TPSA) is 96.9 Å². The van der Waals surface area contributed by atoms with Gasteiger partial charge in [0.2, 0.25) is 5.91 Å². The van der Waals surface area contributed by atoms with Crippen LogP contribution in [0.2, 0.25) is 0 Å². The van der Waals surface area contributed by atoms with E-state index in [1.54, 1.807) is 27.3 Å². The van der Waals surface area contributed by atoms with E-state index in [0.29, 0.717) is 42.8 Å². The summed E-state index contributed by atoms with van der Waals surface area (Å²) >= 11 is 0. The van der Waals surface area contributed by atoms with E-state index in [9.17, 15) is 4.79 Å². The van der Waals surface area contributed by atoms with Gasteiger partial charge in [0.05, 0.1) is 14.2 Å². The molecule has 0 radical (unpaired) electrons. The molecular formula is C21H29N5O3. The van der Waals surface area contributed by atoms with Gasteiger partial charge >= 0.3 is 0 Å². The number of hydrogen-bond donors (Lipinski definition) is 3. The van der Waals surface area contributed by atoms with Crippen molar-refractivity contribution in [2.75, 3.05) is 39.7 Å². The summed E-state index contributed by atoms with van der Waals surface area (Å²) in [7, 11) is 4.94. The normalized spacial score (nSPS) is 11.0. The lowest BCUT2D eigenvalue weighted by molar-refractivity contribution is -0.116. The van der Waals surface area contributed by atoms with Crippen LogP contribution in [0.15, 0.2) is 41.4 Å². The van der Waals surface area contributed by atoms with Crippen LogP contribution in [0.25, 0.3) is 0 Å². The van der Waals surface area contributed by atoms with Gasteiger partial charge < -0.3 is 25.4 Å². The summed E-state index contributed by atoms with van der Waals surface area (Å²) in [4.78, 5) is 20.5. The van der Waals surface area contributed by atoms with Crippen molar-refractivity contribution in [2.24, 2.45) is 4.99 Å². The Bertz CT molecular complexity index is 839. The number of guanidine groups is 1. The highest BCUT2D eigenvalue weighted by molar-refractivity contribution is 5.90. The van der Waals surface area contributed by atoms with Gasteiger partial charge in [0.25, 0.3) is 0 Å². The zero-order chi connectivity index (χ0) is 21.1. The van der Waals surface area contributed by atoms with Crippen molar-refractivity contribution in [2.45, 2.75) is 19.8 Å². The van der Waals surface area contributed by atoms with Gasteiger partial charge in [-0.2, -0.15) is 0 Å². The summed E-state index contributed by atoms with van der Waals surface area (Å²) in [6.07, 6.45) is 1.10. The number of nitrogens with zero attached hydrogens (tertiary/aromatic N) is 2. The summed E-state index contributed by atoms with van der Waals surface area (Å²) in [5.74, 6) is 2.53. The predicted octanol–water partition coefficient (Wildman–Crippen LogP) is 2.14. The number of aliphatic imine (C=N–C) groups is 1. The molecule has 0 aliphatic rings. The number of hydrogen-bond acceptors (Lipinski definition) is 5. The molecule has 2 rings (SSSR count). The maximum Gasteiger partial charge on any atom is 0.227 e. The fourth-order valence-corrected chi connectivity index (χ4v) is 2.69. The van der Waals surface area contributed by atoms with E-state index in [0.717, 1.165) is 17.7 Å². The molecule has 2 aromatic rings. The lowest BCUT2D eigenvalue weighted by Gasteiger charge is -2.13. The molecule has 0 aliphatic heterocycles. The van der Waals surface area contributed by atoms with Gasteiger partial charge in [0.15, 0.2) is 17.5 Å². The number of aryl methyl sites for hydroxylation is 1. The Morgan fingerprint density at radius 3 is 2.52 bits per heavy atom. The van der Waals surface area contributed by atoms with Crippen LogP contribution < -0.4 is 25.4 Å². The minimum absolute atomic E-state index is 0.101. The van der Waals surface area contributed by atoms with Crippen LogP contribution in [0.4, 0.5) is 5.82 Å². The highest BCUT2D eigenvalue weighted by Gasteiger charge is 2.06. The van der Waals surface area contributed by atoms with Gasteiger partial charge in [-0.3, -0.25) is 9.79 Å². The van der Waals surface area contributed by atoms with Crippen molar-refractivity contribution in [1.82, 2.24) is 15.6 Å². The number of rotatable bonds is 9. The monoisotopic (exact) mass is 399 g/mol. The Kier molecular flexibility index (Phi) is 8.75. The van der Waals surface area contributed by atoms with Crippen molar-refractivity contribution in [3.05, 3.63) is 47.7 Å². The summed E-state index contributed by atoms with van der Waals surface area (Å²) in [5, 5.41) is 9.16. The van der Waals surface area contributed by atoms with E-state index < -0.39 is 0 Å². The van der Waals surface area contributed by atoms with Crippen LogP contribution >= 0.6 is 0 Å². The van der Waals surface area contributed by atoms with Gasteiger partial charge in [-0.15, -0.1) is 0 Å². The number of nitrogens with one attached hydrogen (secondary N) is 3. The molecule has 0 aliphatic carbocycles. The van der Waals surface area contributed by atoms with Crippen LogP contribution in [-0.2, 0) is 11.2 Å². The predicted molar refractivity (Wildman–Crippen MR) is 115 cm³/mol. The molecule has 1 aromatic heterocycles. The van der Waals surface area contributed by atoms with Crippen molar-refractivity contribution in [3.63, 3.8) is 0 Å². The molecule has 0 fully saturated rings. The van der Waals surface area contributed by atoms with Crippen molar-refractivity contribution in [3.8, 4) is 11.5 Å². The third-order valence-corrected chi connectivity index (χ3v) is 4.18. The minimum atomic E-state index is -0.101. The fraction of sp³-hybridized carbons (Fsp3) is 0.381. The third-order valence-electron chi connectivity index (χ3n) is 4.18. The van der Waals surface area contributed by atoms with E-state index >= 15 is 0 Å². The van der Waals surface area contributed by atoms with Gasteiger partial charge in [-0.05, 0) is 43.2 Å². The maximum absolute atomic E-state index is 12.0. The summed E-state index contributed by atoms with van der Waals surface area (Å²) in [6, 6.07) is 11.4. The Morgan fingerprint density at radius 1 is 1.07 bits per heavy atom. The van der Waals surface area contributed by atoms with Gasteiger partial charge in [0.1, 0.15) is 5.82 Å². The highest BCUT2D eigenvalue weighted by Crippen LogP contribution is 2.27. The Labute approximate surface area is 171 Å². The van der Waals surface area contributed by atoms with Crippen molar-refractivity contribution < 1.29 is 14.3 Å². The number of methoxy groups -OCH3 is 2. The van der Waals surface area contributed by atoms with E-state index in [1.807, 2.05) is 37.3 Å². The van der Waals surface area contributed by atoms with E-state index in [4.69, 9.17) is 9.47 Å². The number of carbonyl (C=O) groups is 1. The third kappa shape index (κ3) is 7.33. The Balaban J connectivity index is 1.72.